The summed E-state index contributed by atoms with van der Waals surface area (Å²) in [4.78, 5) is 34.7. The van der Waals surface area contributed by atoms with Crippen LogP contribution in [0.25, 0.3) is 0 Å². The van der Waals surface area contributed by atoms with Gasteiger partial charge in [0.05, 0.1) is 13.2 Å². The highest BCUT2D eigenvalue weighted by molar-refractivity contribution is 7.47. The Kier molecular flexibility index (Phi) is 37.4. The molecule has 0 aromatic carbocycles. The fourth-order valence-corrected chi connectivity index (χ4v) is 5.51. The Hall–Kier alpha value is -3.07. The summed E-state index contributed by atoms with van der Waals surface area (Å²) in [5.41, 5.74) is 5.33. The Balaban J connectivity index is 4.31. The third kappa shape index (κ3) is 38.6. The lowest BCUT2D eigenvalue weighted by atomic mass is 10.1. The smallest absolute Gasteiger partial charge is 0.462 e. The van der Waals surface area contributed by atoms with Crippen LogP contribution < -0.4 is 5.73 Å². The molecule has 2 unspecified atom stereocenters. The summed E-state index contributed by atoms with van der Waals surface area (Å²) in [6.45, 7) is 3.44. The molecule has 0 radical (unpaired) electrons. The first-order valence-corrected chi connectivity index (χ1v) is 21.7. The number of phosphoric acid groups is 1. The van der Waals surface area contributed by atoms with Crippen molar-refractivity contribution >= 4 is 19.8 Å². The van der Waals surface area contributed by atoms with Crippen molar-refractivity contribution < 1.29 is 37.6 Å². The van der Waals surface area contributed by atoms with E-state index in [2.05, 4.69) is 105 Å². The molecular formula is C44H72NO8P. The largest absolute Gasteiger partial charge is 0.472 e. The zero-order chi connectivity index (χ0) is 39.6. The summed E-state index contributed by atoms with van der Waals surface area (Å²) >= 11 is 0. The van der Waals surface area contributed by atoms with E-state index in [1.807, 2.05) is 6.08 Å². The van der Waals surface area contributed by atoms with Crippen molar-refractivity contribution in [1.29, 1.82) is 0 Å². The molecule has 0 rings (SSSR count). The van der Waals surface area contributed by atoms with E-state index in [0.717, 1.165) is 83.5 Å². The molecule has 0 aromatic rings. The molecule has 0 saturated carbocycles. The standard InChI is InChI=1S/C44H72NO8P/c1-3-5-7-9-11-13-15-16-17-18-19-20-21-22-23-24-25-26-27-29-31-33-35-37-44(47)53-42(41-52-54(48,49)51-39-38-45)40-50-43(46)36-34-32-30-28-14-12-10-8-6-4-2/h5,7-8,10-11,13,16-17,19-20,22-23,25-26,29,31,42H,3-4,6,9,12,14-15,18,21,24,27-28,30,32-41,45H2,1-2H3,(H,48,49)/b7-5-,10-8-,13-11-,17-16-,20-19-,23-22-,26-25-,31-29-. The highest BCUT2D eigenvalue weighted by Gasteiger charge is 2.25. The second-order valence-electron chi connectivity index (χ2n) is 12.8. The lowest BCUT2D eigenvalue weighted by Crippen LogP contribution is -2.29. The number of rotatable bonds is 36. The van der Waals surface area contributed by atoms with Crippen LogP contribution in [-0.2, 0) is 32.7 Å². The third-order valence-electron chi connectivity index (χ3n) is 7.68. The van der Waals surface area contributed by atoms with Gasteiger partial charge in [0.25, 0.3) is 0 Å². The number of ether oxygens (including phenoxy) is 2. The molecule has 9 nitrogen and oxygen atoms in total. The Bertz CT molecular complexity index is 1200. The summed E-state index contributed by atoms with van der Waals surface area (Å²) < 4.78 is 32.6. The maximum absolute atomic E-state index is 12.5. The van der Waals surface area contributed by atoms with Crippen molar-refractivity contribution in [2.75, 3.05) is 26.4 Å². The average Bonchev–Trinajstić information content (AvgIpc) is 3.16. The van der Waals surface area contributed by atoms with Gasteiger partial charge in [0, 0.05) is 19.4 Å². The van der Waals surface area contributed by atoms with Crippen LogP contribution in [0, 0.1) is 0 Å². The van der Waals surface area contributed by atoms with Crippen molar-refractivity contribution in [3.05, 3.63) is 97.2 Å². The van der Waals surface area contributed by atoms with Crippen LogP contribution in [0.2, 0.25) is 0 Å². The minimum absolute atomic E-state index is 0.0375. The molecule has 0 amide bonds. The van der Waals surface area contributed by atoms with Crippen molar-refractivity contribution in [3.63, 3.8) is 0 Å². The molecule has 0 heterocycles. The van der Waals surface area contributed by atoms with Gasteiger partial charge in [0.2, 0.25) is 0 Å². The quantitative estimate of drug-likeness (QED) is 0.0276. The highest BCUT2D eigenvalue weighted by atomic mass is 31.2. The Labute approximate surface area is 327 Å². The fourth-order valence-electron chi connectivity index (χ4n) is 4.74. The topological polar surface area (TPSA) is 134 Å². The van der Waals surface area contributed by atoms with Gasteiger partial charge >= 0.3 is 19.8 Å². The van der Waals surface area contributed by atoms with Crippen LogP contribution in [0.5, 0.6) is 0 Å². The molecule has 0 aliphatic carbocycles. The molecule has 0 aromatic heterocycles. The zero-order valence-electron chi connectivity index (χ0n) is 33.4. The van der Waals surface area contributed by atoms with Crippen LogP contribution >= 0.6 is 7.82 Å². The minimum Gasteiger partial charge on any atom is -0.462 e. The van der Waals surface area contributed by atoms with Gasteiger partial charge in [-0.3, -0.25) is 18.6 Å². The first-order chi connectivity index (χ1) is 26.3. The predicted octanol–water partition coefficient (Wildman–Crippen LogP) is 11.4. The normalized spacial score (nSPS) is 14.4. The van der Waals surface area contributed by atoms with E-state index in [0.29, 0.717) is 19.3 Å². The van der Waals surface area contributed by atoms with E-state index in [9.17, 15) is 19.0 Å². The number of phosphoric ester groups is 1. The van der Waals surface area contributed by atoms with Gasteiger partial charge < -0.3 is 20.1 Å². The number of unbranched alkanes of at least 4 members (excludes halogenated alkanes) is 7. The second-order valence-corrected chi connectivity index (χ2v) is 14.2. The van der Waals surface area contributed by atoms with E-state index in [4.69, 9.17) is 24.3 Å². The Morgan fingerprint density at radius 1 is 0.574 bits per heavy atom. The minimum atomic E-state index is -4.40. The summed E-state index contributed by atoms with van der Waals surface area (Å²) in [6.07, 6.45) is 50.3. The van der Waals surface area contributed by atoms with Gasteiger partial charge in [-0.05, 0) is 83.5 Å². The van der Waals surface area contributed by atoms with Crippen LogP contribution in [0.15, 0.2) is 97.2 Å². The average molecular weight is 774 g/mol. The lowest BCUT2D eigenvalue weighted by molar-refractivity contribution is -0.161. The molecule has 2 atom stereocenters. The van der Waals surface area contributed by atoms with Crippen LogP contribution in [0.4, 0.5) is 0 Å². The molecule has 306 valence electrons. The molecule has 0 spiro atoms. The molecule has 0 aliphatic heterocycles. The molecule has 0 bridgehead atoms. The Morgan fingerprint density at radius 2 is 1.04 bits per heavy atom. The maximum atomic E-state index is 12.5. The predicted molar refractivity (Wildman–Crippen MR) is 224 cm³/mol. The first kappa shape index (κ1) is 50.9. The van der Waals surface area contributed by atoms with Crippen LogP contribution in [-0.4, -0.2) is 49.3 Å². The monoisotopic (exact) mass is 773 g/mol. The van der Waals surface area contributed by atoms with Gasteiger partial charge in [-0.2, -0.15) is 0 Å². The summed E-state index contributed by atoms with van der Waals surface area (Å²) in [5, 5.41) is 0. The van der Waals surface area contributed by atoms with Gasteiger partial charge in [-0.25, -0.2) is 4.57 Å². The van der Waals surface area contributed by atoms with E-state index in [1.54, 1.807) is 0 Å². The second kappa shape index (κ2) is 39.6. The number of carbonyl (C=O) groups is 2. The molecule has 3 N–H and O–H groups in total. The van der Waals surface area contributed by atoms with Gasteiger partial charge in [0.1, 0.15) is 6.61 Å². The van der Waals surface area contributed by atoms with E-state index in [-0.39, 0.29) is 32.6 Å². The van der Waals surface area contributed by atoms with Gasteiger partial charge in [-0.1, -0.05) is 137 Å². The molecular weight excluding hydrogens is 701 g/mol. The SMILES string of the molecule is CC/C=C\C/C=C\C/C=C\C/C=C\C/C=C\C/C=C\C/C=C\CCCC(=O)OC(COC(=O)CCCCCCC/C=C\CCC)COP(=O)(O)OCCN. The highest BCUT2D eigenvalue weighted by Crippen LogP contribution is 2.43. The van der Waals surface area contributed by atoms with E-state index >= 15 is 0 Å². The molecule has 10 heteroatoms. The van der Waals surface area contributed by atoms with Crippen LogP contribution in [0.1, 0.15) is 136 Å². The number of esters is 2. The number of allylic oxidation sites excluding steroid dienone is 16. The maximum Gasteiger partial charge on any atom is 0.472 e. The van der Waals surface area contributed by atoms with E-state index < -0.39 is 32.5 Å². The molecule has 0 fully saturated rings. The van der Waals surface area contributed by atoms with Crippen molar-refractivity contribution in [1.82, 2.24) is 0 Å². The molecule has 0 aliphatic rings. The number of carbonyl (C=O) groups excluding carboxylic acids is 2. The number of hydrogen-bond donors (Lipinski definition) is 2. The van der Waals surface area contributed by atoms with Crippen molar-refractivity contribution in [2.45, 2.75) is 142 Å². The molecule has 54 heavy (non-hydrogen) atoms. The lowest BCUT2D eigenvalue weighted by Gasteiger charge is -2.19. The summed E-state index contributed by atoms with van der Waals surface area (Å²) in [6, 6.07) is 0. The molecule has 0 saturated heterocycles. The van der Waals surface area contributed by atoms with Gasteiger partial charge in [0.15, 0.2) is 6.10 Å². The van der Waals surface area contributed by atoms with Crippen LogP contribution in [0.3, 0.4) is 0 Å². The van der Waals surface area contributed by atoms with Gasteiger partial charge in [-0.15, -0.1) is 0 Å². The number of nitrogens with two attached hydrogens (primary N) is 1. The van der Waals surface area contributed by atoms with Crippen molar-refractivity contribution in [2.24, 2.45) is 5.73 Å². The first-order valence-electron chi connectivity index (χ1n) is 20.2. The number of hydrogen-bond acceptors (Lipinski definition) is 8. The third-order valence-corrected chi connectivity index (χ3v) is 8.67. The zero-order valence-corrected chi connectivity index (χ0v) is 34.3. The summed E-state index contributed by atoms with van der Waals surface area (Å²) in [7, 11) is -4.40. The fraction of sp³-hybridized carbons (Fsp3) is 0.591. The summed E-state index contributed by atoms with van der Waals surface area (Å²) in [5.74, 6) is -0.924. The Morgan fingerprint density at radius 3 is 1.59 bits per heavy atom. The van der Waals surface area contributed by atoms with Crippen molar-refractivity contribution in [3.8, 4) is 0 Å². The van der Waals surface area contributed by atoms with E-state index in [1.165, 1.54) is 6.42 Å².